The fourth-order valence-electron chi connectivity index (χ4n) is 1.89. The highest BCUT2D eigenvalue weighted by molar-refractivity contribution is 14.0. The Morgan fingerprint density at radius 2 is 2.04 bits per heavy atom. The molecule has 0 spiro atoms. The van der Waals surface area contributed by atoms with Crippen molar-refractivity contribution in [2.75, 3.05) is 46.4 Å². The highest BCUT2D eigenvalue weighted by Crippen LogP contribution is 1.97. The van der Waals surface area contributed by atoms with Gasteiger partial charge in [-0.3, -0.25) is 14.7 Å². The van der Waals surface area contributed by atoms with E-state index in [0.717, 1.165) is 19.6 Å². The third-order valence-electron chi connectivity index (χ3n) is 3.00. The summed E-state index contributed by atoms with van der Waals surface area (Å²) in [6, 6.07) is -0.336. The maximum atomic E-state index is 11.4. The number of amides is 3. The van der Waals surface area contributed by atoms with Crippen molar-refractivity contribution in [1.29, 1.82) is 0 Å². The van der Waals surface area contributed by atoms with Gasteiger partial charge < -0.3 is 20.7 Å². The van der Waals surface area contributed by atoms with Crippen LogP contribution in [0.5, 0.6) is 0 Å². The van der Waals surface area contributed by atoms with Gasteiger partial charge in [-0.25, -0.2) is 4.79 Å². The molecule has 0 aromatic carbocycles. The van der Waals surface area contributed by atoms with E-state index in [1.54, 1.807) is 7.05 Å². The molecule has 1 saturated heterocycles. The van der Waals surface area contributed by atoms with Crippen molar-refractivity contribution < 1.29 is 14.3 Å². The van der Waals surface area contributed by atoms with Gasteiger partial charge in [0.1, 0.15) is 0 Å². The van der Waals surface area contributed by atoms with E-state index in [2.05, 4.69) is 34.8 Å². The Kier molecular flexibility index (Phi) is 11.7. The molecular weight excluding hydrogens is 413 g/mol. The quantitative estimate of drug-likeness (QED) is 0.158. The number of hydrogen-bond donors (Lipinski definition) is 3. The van der Waals surface area contributed by atoms with Crippen molar-refractivity contribution in [3.63, 3.8) is 0 Å². The lowest BCUT2D eigenvalue weighted by Gasteiger charge is -2.15. The van der Waals surface area contributed by atoms with E-state index in [1.165, 1.54) is 4.90 Å². The SMILES string of the molecule is CN=C(NCCCOCC(C)C)NCCN1C(=O)CNC1=O.I. The van der Waals surface area contributed by atoms with Gasteiger partial charge in [-0.2, -0.15) is 0 Å². The number of rotatable bonds is 9. The fourth-order valence-corrected chi connectivity index (χ4v) is 1.89. The largest absolute Gasteiger partial charge is 0.381 e. The predicted octanol–water partition coefficient (Wildman–Crippen LogP) is 0.384. The number of ether oxygens (including phenoxy) is 1. The number of hydrogen-bond acceptors (Lipinski definition) is 4. The van der Waals surface area contributed by atoms with Gasteiger partial charge in [-0.05, 0) is 12.3 Å². The van der Waals surface area contributed by atoms with E-state index in [1.807, 2.05) is 0 Å². The van der Waals surface area contributed by atoms with Gasteiger partial charge in [0.05, 0.1) is 6.54 Å². The van der Waals surface area contributed by atoms with Gasteiger partial charge in [0, 0.05) is 39.9 Å². The molecule has 0 radical (unpaired) electrons. The molecule has 0 aromatic rings. The van der Waals surface area contributed by atoms with Crippen LogP contribution >= 0.6 is 24.0 Å². The minimum atomic E-state index is -0.336. The number of urea groups is 1. The van der Waals surface area contributed by atoms with Gasteiger partial charge in [0.15, 0.2) is 5.96 Å². The maximum Gasteiger partial charge on any atom is 0.324 e. The highest BCUT2D eigenvalue weighted by atomic mass is 127. The number of carbonyl (C=O) groups excluding carboxylic acids is 2. The van der Waals surface area contributed by atoms with Gasteiger partial charge in [-0.15, -0.1) is 24.0 Å². The summed E-state index contributed by atoms with van der Waals surface area (Å²) in [7, 11) is 1.68. The third-order valence-corrected chi connectivity index (χ3v) is 3.00. The van der Waals surface area contributed by atoms with Crippen LogP contribution < -0.4 is 16.0 Å². The van der Waals surface area contributed by atoms with Crippen LogP contribution in [-0.2, 0) is 9.53 Å². The standard InChI is InChI=1S/C14H27N5O3.HI/c1-11(2)10-22-8-4-5-16-13(15-3)17-6-7-19-12(20)9-18-14(19)21;/h11H,4-10H2,1-3H3,(H,18,21)(H2,15,16,17);1H. The predicted molar refractivity (Wildman–Crippen MR) is 100 cm³/mol. The molecule has 3 N–H and O–H groups in total. The lowest BCUT2D eigenvalue weighted by Crippen LogP contribution is -2.43. The van der Waals surface area contributed by atoms with Crippen molar-refractivity contribution in [3.8, 4) is 0 Å². The first-order valence-electron chi connectivity index (χ1n) is 7.65. The summed E-state index contributed by atoms with van der Waals surface area (Å²) in [5.74, 6) is 1.00. The smallest absolute Gasteiger partial charge is 0.324 e. The third kappa shape index (κ3) is 8.94. The molecule has 8 nitrogen and oxygen atoms in total. The molecule has 1 heterocycles. The van der Waals surface area contributed by atoms with Crippen LogP contribution in [0.2, 0.25) is 0 Å². The zero-order valence-corrected chi connectivity index (χ0v) is 16.4. The lowest BCUT2D eigenvalue weighted by molar-refractivity contribution is -0.124. The minimum absolute atomic E-state index is 0. The molecule has 3 amide bonds. The van der Waals surface area contributed by atoms with Crippen LogP contribution in [0.1, 0.15) is 20.3 Å². The Labute approximate surface area is 154 Å². The first-order chi connectivity index (χ1) is 10.5. The molecule has 23 heavy (non-hydrogen) atoms. The molecule has 0 bridgehead atoms. The van der Waals surface area contributed by atoms with Crippen molar-refractivity contribution in [1.82, 2.24) is 20.9 Å². The van der Waals surface area contributed by atoms with Crippen molar-refractivity contribution in [2.45, 2.75) is 20.3 Å². The number of nitrogens with zero attached hydrogens (tertiary/aromatic N) is 2. The van der Waals surface area contributed by atoms with Gasteiger partial charge >= 0.3 is 6.03 Å². The van der Waals surface area contributed by atoms with Crippen LogP contribution in [0.3, 0.4) is 0 Å². The fraction of sp³-hybridized carbons (Fsp3) is 0.786. The summed E-state index contributed by atoms with van der Waals surface area (Å²) >= 11 is 0. The second kappa shape index (κ2) is 12.3. The monoisotopic (exact) mass is 441 g/mol. The molecular formula is C14H28IN5O3. The molecule has 1 fully saturated rings. The average Bonchev–Trinajstić information content (AvgIpc) is 2.80. The number of guanidine groups is 1. The number of aliphatic imine (C=N–C) groups is 1. The average molecular weight is 441 g/mol. The molecule has 0 aromatic heterocycles. The minimum Gasteiger partial charge on any atom is -0.381 e. The number of carbonyl (C=O) groups is 2. The summed E-state index contributed by atoms with van der Waals surface area (Å²) in [5.41, 5.74) is 0. The Hall–Kier alpha value is -1.10. The van der Waals surface area contributed by atoms with Gasteiger partial charge in [0.25, 0.3) is 0 Å². The van der Waals surface area contributed by atoms with Crippen LogP contribution in [0, 0.1) is 5.92 Å². The molecule has 0 unspecified atom stereocenters. The second-order valence-corrected chi connectivity index (χ2v) is 5.45. The molecule has 0 saturated carbocycles. The van der Waals surface area contributed by atoms with Gasteiger partial charge in [-0.1, -0.05) is 13.8 Å². The van der Waals surface area contributed by atoms with E-state index in [0.29, 0.717) is 31.6 Å². The van der Waals surface area contributed by atoms with E-state index < -0.39 is 0 Å². The number of imide groups is 1. The van der Waals surface area contributed by atoms with Crippen molar-refractivity contribution in [3.05, 3.63) is 0 Å². The Morgan fingerprint density at radius 1 is 1.35 bits per heavy atom. The molecule has 0 atom stereocenters. The molecule has 1 aliphatic heterocycles. The summed E-state index contributed by atoms with van der Waals surface area (Å²) in [6.07, 6.45) is 0.889. The normalized spacial score (nSPS) is 14.8. The zero-order chi connectivity index (χ0) is 16.4. The van der Waals surface area contributed by atoms with Crippen molar-refractivity contribution >= 4 is 41.9 Å². The first kappa shape index (κ1) is 21.9. The van der Waals surface area contributed by atoms with E-state index in [9.17, 15) is 9.59 Å². The van der Waals surface area contributed by atoms with E-state index in [4.69, 9.17) is 4.74 Å². The molecule has 134 valence electrons. The van der Waals surface area contributed by atoms with Crippen LogP contribution in [-0.4, -0.2) is 69.2 Å². The van der Waals surface area contributed by atoms with Crippen molar-refractivity contribution in [2.24, 2.45) is 10.9 Å². The van der Waals surface area contributed by atoms with E-state index in [-0.39, 0.29) is 42.5 Å². The molecule has 1 aliphatic rings. The summed E-state index contributed by atoms with van der Waals surface area (Å²) in [6.45, 7) is 7.35. The topological polar surface area (TPSA) is 95.1 Å². The summed E-state index contributed by atoms with van der Waals surface area (Å²) in [5, 5.41) is 8.71. The Morgan fingerprint density at radius 3 is 2.61 bits per heavy atom. The maximum absolute atomic E-state index is 11.4. The second-order valence-electron chi connectivity index (χ2n) is 5.45. The molecule has 9 heteroatoms. The lowest BCUT2D eigenvalue weighted by atomic mass is 10.2. The summed E-state index contributed by atoms with van der Waals surface area (Å²) < 4.78 is 5.49. The van der Waals surface area contributed by atoms with Crippen LogP contribution in [0.15, 0.2) is 4.99 Å². The molecule has 1 rings (SSSR count). The first-order valence-corrected chi connectivity index (χ1v) is 7.65. The highest BCUT2D eigenvalue weighted by Gasteiger charge is 2.27. The van der Waals surface area contributed by atoms with E-state index >= 15 is 0 Å². The number of halogens is 1. The Balaban J connectivity index is 0.00000484. The van der Waals surface area contributed by atoms with Crippen LogP contribution in [0.4, 0.5) is 4.79 Å². The zero-order valence-electron chi connectivity index (χ0n) is 14.1. The van der Waals surface area contributed by atoms with Crippen LogP contribution in [0.25, 0.3) is 0 Å². The van der Waals surface area contributed by atoms with Gasteiger partial charge in [0.2, 0.25) is 5.91 Å². The number of nitrogens with one attached hydrogen (secondary N) is 3. The summed E-state index contributed by atoms with van der Waals surface area (Å²) in [4.78, 5) is 28.0. The molecule has 0 aliphatic carbocycles. The Bertz CT molecular complexity index is 388.